The molecule has 0 saturated carbocycles. The zero-order valence-electron chi connectivity index (χ0n) is 14.9. The Bertz CT molecular complexity index is 601. The fourth-order valence-corrected chi connectivity index (χ4v) is 26.0. The second kappa shape index (κ2) is 5.07. The van der Waals surface area contributed by atoms with Crippen LogP contribution in [-0.2, 0) is 17.9 Å². The zero-order valence-corrected chi connectivity index (χ0v) is 19.9. The van der Waals surface area contributed by atoms with Gasteiger partial charge in [-0.3, -0.25) is 0 Å². The van der Waals surface area contributed by atoms with Gasteiger partial charge in [0.25, 0.3) is 0 Å². The quantitative estimate of drug-likeness (QED) is 0.372. The maximum absolute atomic E-state index is 7.26. The van der Waals surface area contributed by atoms with Crippen molar-refractivity contribution in [1.82, 2.24) is 0 Å². The molecule has 2 aliphatic carbocycles. The van der Waals surface area contributed by atoms with Crippen LogP contribution in [0.3, 0.4) is 0 Å². The van der Waals surface area contributed by atoms with Crippen molar-refractivity contribution in [2.45, 2.75) is 54.6 Å². The molecule has 1 heterocycles. The molecule has 0 spiro atoms. The van der Waals surface area contributed by atoms with Crippen molar-refractivity contribution in [1.29, 1.82) is 0 Å². The van der Waals surface area contributed by atoms with Crippen molar-refractivity contribution in [2.75, 3.05) is 0 Å². The molecule has 3 rings (SSSR count). The fourth-order valence-electron chi connectivity index (χ4n) is 5.72. The maximum atomic E-state index is 7.26. The Balaban J connectivity index is 2.45. The van der Waals surface area contributed by atoms with Crippen molar-refractivity contribution in [3.05, 3.63) is 39.2 Å². The predicted molar refractivity (Wildman–Crippen MR) is 98.3 cm³/mol. The normalized spacial score (nSPS) is 33.0. The summed E-state index contributed by atoms with van der Waals surface area (Å²) in [5, 5.41) is 3.38. The van der Waals surface area contributed by atoms with Gasteiger partial charge in [0.1, 0.15) is 0 Å². The summed E-state index contributed by atoms with van der Waals surface area (Å²) in [6, 6.07) is 0. The monoisotopic (exact) mass is 430 g/mol. The van der Waals surface area contributed by atoms with Gasteiger partial charge in [-0.1, -0.05) is 0 Å². The number of rotatable bonds is 0. The molecule has 0 aromatic heterocycles. The molecule has 0 amide bonds. The van der Waals surface area contributed by atoms with E-state index >= 15 is 0 Å². The van der Waals surface area contributed by atoms with Crippen LogP contribution in [0.1, 0.15) is 41.5 Å². The molecule has 120 valence electrons. The average Bonchev–Trinajstić information content (AvgIpc) is 2.72. The van der Waals surface area contributed by atoms with E-state index < -0.39 is 26.0 Å². The van der Waals surface area contributed by atoms with Crippen LogP contribution in [0.25, 0.3) is 0 Å². The number of allylic oxidation sites excluding steroid dienone is 8. The third-order valence-electron chi connectivity index (χ3n) is 6.50. The molecule has 0 aromatic carbocycles. The number of hydrogen-bond donors (Lipinski definition) is 0. The second-order valence-corrected chi connectivity index (χ2v) is 25.4. The van der Waals surface area contributed by atoms with Gasteiger partial charge < -0.3 is 0 Å². The van der Waals surface area contributed by atoms with Gasteiger partial charge in [-0.2, -0.15) is 0 Å². The Morgan fingerprint density at radius 3 is 1.36 bits per heavy atom. The van der Waals surface area contributed by atoms with Gasteiger partial charge in [0.15, 0.2) is 0 Å². The summed E-state index contributed by atoms with van der Waals surface area (Å²) in [6.07, 6.45) is 0. The Morgan fingerprint density at radius 1 is 0.727 bits per heavy atom. The minimum atomic E-state index is -3.49. The second-order valence-electron chi connectivity index (χ2n) is 7.80. The molecule has 0 N–H and O–H groups in total. The Morgan fingerprint density at radius 2 is 1.05 bits per heavy atom. The van der Waals surface area contributed by atoms with Crippen LogP contribution in [0, 0.1) is 11.8 Å². The molecule has 4 bridgehead atoms. The SMILES string of the molecule is CC1=C2C(C)[C](=C1C)[Zr]([Cl])([Cl])[C]1=C(C)C(C)=C(C1C)[Si]2(C)C. The van der Waals surface area contributed by atoms with E-state index in [1.54, 1.807) is 10.4 Å². The first kappa shape index (κ1) is 17.5. The third kappa shape index (κ3) is 1.91. The summed E-state index contributed by atoms with van der Waals surface area (Å²) < 4.78 is 2.89. The number of halogens is 2. The van der Waals surface area contributed by atoms with Crippen LogP contribution in [0.15, 0.2) is 39.2 Å². The van der Waals surface area contributed by atoms with Gasteiger partial charge in [-0.05, 0) is 0 Å². The van der Waals surface area contributed by atoms with E-state index in [0.717, 1.165) is 0 Å². The summed E-state index contributed by atoms with van der Waals surface area (Å²) >= 11 is -3.49. The van der Waals surface area contributed by atoms with E-state index in [1.165, 1.54) is 28.9 Å². The Kier molecular flexibility index (Phi) is 4.02. The zero-order chi connectivity index (χ0) is 16.8. The molecular weight excluding hydrogens is 406 g/mol. The van der Waals surface area contributed by atoms with E-state index in [2.05, 4.69) is 54.6 Å². The molecule has 0 nitrogen and oxygen atoms in total. The molecular formula is C18H26Cl2SiZr. The van der Waals surface area contributed by atoms with E-state index in [4.69, 9.17) is 17.0 Å². The van der Waals surface area contributed by atoms with Crippen molar-refractivity contribution in [3.63, 3.8) is 0 Å². The van der Waals surface area contributed by atoms with Crippen LogP contribution < -0.4 is 0 Å². The first-order valence-corrected chi connectivity index (χ1v) is 20.0. The molecule has 1 fully saturated rings. The summed E-state index contributed by atoms with van der Waals surface area (Å²) in [5.74, 6) is 0.923. The first-order valence-electron chi connectivity index (χ1n) is 8.19. The van der Waals surface area contributed by atoms with Gasteiger partial charge in [-0.15, -0.1) is 0 Å². The van der Waals surface area contributed by atoms with Crippen LogP contribution >= 0.6 is 17.0 Å². The molecule has 0 radical (unpaired) electrons. The molecule has 4 heteroatoms. The molecule has 1 aliphatic heterocycles. The minimum absolute atomic E-state index is 0.462. The third-order valence-corrected chi connectivity index (χ3v) is 22.9. The van der Waals surface area contributed by atoms with Crippen LogP contribution in [0.5, 0.6) is 0 Å². The summed E-state index contributed by atoms with van der Waals surface area (Å²) in [6.45, 7) is 18.9. The van der Waals surface area contributed by atoms with E-state index in [0.29, 0.717) is 11.8 Å². The Hall–Kier alpha value is 0.640. The van der Waals surface area contributed by atoms with E-state index in [1.807, 2.05) is 0 Å². The Labute approximate surface area is 147 Å². The van der Waals surface area contributed by atoms with Crippen molar-refractivity contribution >= 4 is 25.1 Å². The van der Waals surface area contributed by atoms with Crippen molar-refractivity contribution in [2.24, 2.45) is 11.8 Å². The van der Waals surface area contributed by atoms with Gasteiger partial charge in [0, 0.05) is 0 Å². The molecule has 2 atom stereocenters. The summed E-state index contributed by atoms with van der Waals surface area (Å²) in [5.41, 5.74) is 5.84. The van der Waals surface area contributed by atoms with Gasteiger partial charge in [-0.25, -0.2) is 0 Å². The van der Waals surface area contributed by atoms with Crippen molar-refractivity contribution in [3.8, 4) is 0 Å². The molecule has 22 heavy (non-hydrogen) atoms. The van der Waals surface area contributed by atoms with Crippen molar-refractivity contribution < 1.29 is 17.9 Å². The molecule has 2 unspecified atom stereocenters. The topological polar surface area (TPSA) is 0 Å². The van der Waals surface area contributed by atoms with E-state index in [9.17, 15) is 0 Å². The van der Waals surface area contributed by atoms with Gasteiger partial charge in [0.2, 0.25) is 0 Å². The average molecular weight is 433 g/mol. The van der Waals surface area contributed by atoms with E-state index in [-0.39, 0.29) is 0 Å². The predicted octanol–water partition coefficient (Wildman–Crippen LogP) is 6.73. The van der Waals surface area contributed by atoms with Gasteiger partial charge >= 0.3 is 149 Å². The first-order chi connectivity index (χ1) is 9.95. The van der Waals surface area contributed by atoms with Crippen LogP contribution in [0.4, 0.5) is 0 Å². The molecule has 1 saturated heterocycles. The van der Waals surface area contributed by atoms with Crippen LogP contribution in [-0.4, -0.2) is 8.07 Å². The number of fused-ring (bicyclic) bond motifs is 4. The summed E-state index contributed by atoms with van der Waals surface area (Å²) in [7, 11) is 12.9. The summed E-state index contributed by atoms with van der Waals surface area (Å²) in [4.78, 5) is 0. The fraction of sp³-hybridized carbons (Fsp3) is 0.556. The number of hydrogen-bond acceptors (Lipinski definition) is 0. The van der Waals surface area contributed by atoms with Gasteiger partial charge in [0.05, 0.1) is 0 Å². The standard InChI is InChI=1S/C18H26Si.2ClH.Zr/c1-11-9-13(3)17(15(11)5)19(7,8)18-14(4)10-12(2)16(18)6;;;/h13-14H,1-8H3;2*1H;/q;;;+2/p-2. The molecule has 3 aliphatic rings. The van der Waals surface area contributed by atoms with Crippen LogP contribution in [0.2, 0.25) is 13.1 Å². The molecule has 0 aromatic rings.